The number of amides is 1. The summed E-state index contributed by atoms with van der Waals surface area (Å²) in [4.78, 5) is 11.1. The average Bonchev–Trinajstić information content (AvgIpc) is 2.41. The molecule has 116 valence electrons. The molecule has 5 nitrogen and oxygen atoms in total. The summed E-state index contributed by atoms with van der Waals surface area (Å²) in [6.07, 6.45) is 1.50. The molecule has 1 aromatic rings. The maximum atomic E-state index is 12.8. The van der Waals surface area contributed by atoms with E-state index in [9.17, 15) is 17.6 Å². The van der Waals surface area contributed by atoms with Crippen molar-refractivity contribution >= 4 is 15.9 Å². The number of piperidine rings is 1. The Labute approximate surface area is 124 Å². The fraction of sp³-hybridized carbons (Fsp3) is 0.500. The molecule has 1 unspecified atom stereocenters. The first-order valence-corrected chi connectivity index (χ1v) is 8.47. The second-order valence-electron chi connectivity index (χ2n) is 5.28. The monoisotopic (exact) mass is 314 g/mol. The van der Waals surface area contributed by atoms with Gasteiger partial charge in [-0.2, -0.15) is 4.31 Å². The second-order valence-corrected chi connectivity index (χ2v) is 7.25. The largest absolute Gasteiger partial charge is 0.352 e. The minimum absolute atomic E-state index is 0.140. The number of halogens is 1. The molecule has 1 atom stereocenters. The van der Waals surface area contributed by atoms with Gasteiger partial charge in [0.05, 0.1) is 5.75 Å². The molecule has 0 spiro atoms. The van der Waals surface area contributed by atoms with E-state index in [-0.39, 0.29) is 23.5 Å². The molecule has 1 heterocycles. The highest BCUT2D eigenvalue weighted by Crippen LogP contribution is 2.18. The Balaban J connectivity index is 2.04. The van der Waals surface area contributed by atoms with Crippen LogP contribution in [0.1, 0.15) is 25.3 Å². The molecule has 1 aliphatic rings. The van der Waals surface area contributed by atoms with Crippen molar-refractivity contribution in [3.8, 4) is 0 Å². The van der Waals surface area contributed by atoms with E-state index in [1.807, 2.05) is 0 Å². The maximum Gasteiger partial charge on any atom is 0.218 e. The normalized spacial score (nSPS) is 20.2. The van der Waals surface area contributed by atoms with Gasteiger partial charge in [-0.15, -0.1) is 0 Å². The fourth-order valence-electron chi connectivity index (χ4n) is 2.48. The SMILES string of the molecule is CC(=O)NC1CCCN(S(=O)(=O)Cc2ccc(F)cc2)C1. The summed E-state index contributed by atoms with van der Waals surface area (Å²) in [7, 11) is -3.46. The van der Waals surface area contributed by atoms with E-state index in [2.05, 4.69) is 5.32 Å². The minimum Gasteiger partial charge on any atom is -0.352 e. The first kappa shape index (κ1) is 15.9. The first-order chi connectivity index (χ1) is 9.87. The zero-order valence-corrected chi connectivity index (χ0v) is 12.7. The van der Waals surface area contributed by atoms with Crippen LogP contribution >= 0.6 is 0 Å². The summed E-state index contributed by atoms with van der Waals surface area (Å²) in [5.74, 6) is -0.697. The van der Waals surface area contributed by atoms with E-state index in [1.54, 1.807) is 0 Å². The number of carbonyl (C=O) groups excluding carboxylic acids is 1. The lowest BCUT2D eigenvalue weighted by atomic mass is 10.1. The van der Waals surface area contributed by atoms with E-state index >= 15 is 0 Å². The molecular formula is C14H19FN2O3S. The standard InChI is InChI=1S/C14H19FN2O3S/c1-11(18)16-14-3-2-8-17(9-14)21(19,20)10-12-4-6-13(15)7-5-12/h4-7,14H,2-3,8-10H2,1H3,(H,16,18). The lowest BCUT2D eigenvalue weighted by Crippen LogP contribution is -2.49. The second kappa shape index (κ2) is 6.53. The summed E-state index contributed by atoms with van der Waals surface area (Å²) in [6, 6.07) is 5.31. The molecular weight excluding hydrogens is 295 g/mol. The Morgan fingerprint density at radius 3 is 2.67 bits per heavy atom. The zero-order chi connectivity index (χ0) is 15.5. The molecule has 1 aliphatic heterocycles. The van der Waals surface area contributed by atoms with Crippen molar-refractivity contribution in [3.05, 3.63) is 35.6 Å². The van der Waals surface area contributed by atoms with E-state index in [0.29, 0.717) is 25.1 Å². The molecule has 1 N–H and O–H groups in total. The van der Waals surface area contributed by atoms with Crippen molar-refractivity contribution < 1.29 is 17.6 Å². The molecule has 7 heteroatoms. The highest BCUT2D eigenvalue weighted by molar-refractivity contribution is 7.88. The van der Waals surface area contributed by atoms with Gasteiger partial charge in [0.1, 0.15) is 5.82 Å². The fourth-order valence-corrected chi connectivity index (χ4v) is 4.09. The molecule has 1 saturated heterocycles. The van der Waals surface area contributed by atoms with Crippen molar-refractivity contribution in [3.63, 3.8) is 0 Å². The molecule has 0 aromatic heterocycles. The smallest absolute Gasteiger partial charge is 0.218 e. The van der Waals surface area contributed by atoms with Crippen LogP contribution in [0.4, 0.5) is 4.39 Å². The van der Waals surface area contributed by atoms with E-state index < -0.39 is 10.0 Å². The maximum absolute atomic E-state index is 12.8. The predicted molar refractivity (Wildman–Crippen MR) is 77.4 cm³/mol. The van der Waals surface area contributed by atoms with Crippen LogP contribution in [0.15, 0.2) is 24.3 Å². The third-order valence-electron chi connectivity index (χ3n) is 3.45. The van der Waals surface area contributed by atoms with Crippen LogP contribution in [0.5, 0.6) is 0 Å². The van der Waals surface area contributed by atoms with Gasteiger partial charge >= 0.3 is 0 Å². The van der Waals surface area contributed by atoms with Gasteiger partial charge in [-0.05, 0) is 30.5 Å². The molecule has 21 heavy (non-hydrogen) atoms. The Hall–Kier alpha value is -1.47. The molecule has 0 aliphatic carbocycles. The van der Waals surface area contributed by atoms with Crippen molar-refractivity contribution in [1.29, 1.82) is 0 Å². The van der Waals surface area contributed by atoms with E-state index in [1.165, 1.54) is 35.5 Å². The molecule has 1 fully saturated rings. The molecule has 0 radical (unpaired) electrons. The molecule has 0 bridgehead atoms. The van der Waals surface area contributed by atoms with Gasteiger partial charge in [-0.25, -0.2) is 12.8 Å². The van der Waals surface area contributed by atoms with Crippen LogP contribution in [0.25, 0.3) is 0 Å². The number of carbonyl (C=O) groups is 1. The summed E-state index contributed by atoms with van der Waals surface area (Å²) < 4.78 is 39.0. The van der Waals surface area contributed by atoms with E-state index in [4.69, 9.17) is 0 Å². The van der Waals surface area contributed by atoms with Crippen molar-refractivity contribution in [1.82, 2.24) is 9.62 Å². The van der Waals surface area contributed by atoms with Gasteiger partial charge in [-0.3, -0.25) is 4.79 Å². The average molecular weight is 314 g/mol. The number of nitrogens with zero attached hydrogens (tertiary/aromatic N) is 1. The first-order valence-electron chi connectivity index (χ1n) is 6.86. The number of nitrogens with one attached hydrogen (secondary N) is 1. The third-order valence-corrected chi connectivity index (χ3v) is 5.26. The lowest BCUT2D eigenvalue weighted by molar-refractivity contribution is -0.119. The van der Waals surface area contributed by atoms with Crippen LogP contribution < -0.4 is 5.32 Å². The highest BCUT2D eigenvalue weighted by atomic mass is 32.2. The van der Waals surface area contributed by atoms with Crippen LogP contribution in [-0.2, 0) is 20.6 Å². The van der Waals surface area contributed by atoms with Gasteiger partial charge in [0.15, 0.2) is 0 Å². The van der Waals surface area contributed by atoms with Gasteiger partial charge in [0.2, 0.25) is 15.9 Å². The van der Waals surface area contributed by atoms with Crippen LogP contribution in [0, 0.1) is 5.82 Å². The summed E-state index contributed by atoms with van der Waals surface area (Å²) in [5, 5.41) is 2.76. The quantitative estimate of drug-likeness (QED) is 0.910. The molecule has 2 rings (SSSR count). The Bertz CT molecular complexity index is 601. The molecule has 1 amide bonds. The van der Waals surface area contributed by atoms with Gasteiger partial charge in [-0.1, -0.05) is 12.1 Å². The lowest BCUT2D eigenvalue weighted by Gasteiger charge is -2.32. The zero-order valence-electron chi connectivity index (χ0n) is 11.9. The number of benzene rings is 1. The Morgan fingerprint density at radius 2 is 2.05 bits per heavy atom. The van der Waals surface area contributed by atoms with Crippen LogP contribution in [0.3, 0.4) is 0 Å². The van der Waals surface area contributed by atoms with E-state index in [0.717, 1.165) is 6.42 Å². The van der Waals surface area contributed by atoms with Crippen LogP contribution in [-0.4, -0.2) is 37.8 Å². The Kier molecular flexibility index (Phi) is 4.95. The van der Waals surface area contributed by atoms with Gasteiger partial charge in [0.25, 0.3) is 0 Å². The predicted octanol–water partition coefficient (Wildman–Crippen LogP) is 1.26. The molecule has 1 aromatic carbocycles. The number of sulfonamides is 1. The summed E-state index contributed by atoms with van der Waals surface area (Å²) in [6.45, 7) is 2.18. The topological polar surface area (TPSA) is 66.5 Å². The highest BCUT2D eigenvalue weighted by Gasteiger charge is 2.29. The van der Waals surface area contributed by atoms with Crippen molar-refractivity contribution in [2.75, 3.05) is 13.1 Å². The number of rotatable bonds is 4. The minimum atomic E-state index is -3.46. The Morgan fingerprint density at radius 1 is 1.38 bits per heavy atom. The van der Waals surface area contributed by atoms with Gasteiger partial charge < -0.3 is 5.32 Å². The van der Waals surface area contributed by atoms with Gasteiger partial charge in [0, 0.05) is 26.1 Å². The summed E-state index contributed by atoms with van der Waals surface area (Å²) >= 11 is 0. The molecule has 0 saturated carbocycles. The van der Waals surface area contributed by atoms with Crippen molar-refractivity contribution in [2.24, 2.45) is 0 Å². The van der Waals surface area contributed by atoms with Crippen molar-refractivity contribution in [2.45, 2.75) is 31.6 Å². The summed E-state index contributed by atoms with van der Waals surface area (Å²) in [5.41, 5.74) is 0.554. The number of hydrogen-bond donors (Lipinski definition) is 1. The van der Waals surface area contributed by atoms with Crippen LogP contribution in [0.2, 0.25) is 0 Å². The number of hydrogen-bond acceptors (Lipinski definition) is 3. The third kappa shape index (κ3) is 4.50.